The molecule has 9 rings (SSSR count). The van der Waals surface area contributed by atoms with Gasteiger partial charge >= 0.3 is 5.97 Å². The van der Waals surface area contributed by atoms with E-state index < -0.39 is 5.97 Å². The fraction of sp³-hybridized carbons (Fsp3) is 0.524. The van der Waals surface area contributed by atoms with E-state index in [4.69, 9.17) is 9.84 Å². The molecule has 302 valence electrons. The van der Waals surface area contributed by atoms with Crippen LogP contribution < -0.4 is 15.5 Å². The third kappa shape index (κ3) is 7.75. The van der Waals surface area contributed by atoms with E-state index >= 15 is 0 Å². The lowest BCUT2D eigenvalue weighted by Gasteiger charge is -2.69. The third-order valence-corrected chi connectivity index (χ3v) is 13.4. The van der Waals surface area contributed by atoms with Crippen molar-refractivity contribution in [2.24, 2.45) is 22.2 Å². The zero-order valence-electron chi connectivity index (χ0n) is 33.4. The molecular formula is C42H53N9O5S. The lowest BCUT2D eigenvalue weighted by atomic mass is 9.39. The lowest BCUT2D eigenvalue weighted by molar-refractivity contribution is -0.247. The first-order chi connectivity index (χ1) is 27.2. The summed E-state index contributed by atoms with van der Waals surface area (Å²) in [6.45, 7) is 11.2. The van der Waals surface area contributed by atoms with Crippen molar-refractivity contribution < 1.29 is 24.9 Å². The summed E-state index contributed by atoms with van der Waals surface area (Å²) in [6.07, 6.45) is 8.22. The summed E-state index contributed by atoms with van der Waals surface area (Å²) in [5.74, 6) is 0.253. The number of pyridine rings is 1. The number of aliphatic hydroxyl groups excluding tert-OH is 2. The average Bonchev–Trinajstić information content (AvgIpc) is 3.73. The summed E-state index contributed by atoms with van der Waals surface area (Å²) >= 11 is 1.54. The molecule has 0 aliphatic heterocycles. The second kappa shape index (κ2) is 15.0. The van der Waals surface area contributed by atoms with Crippen LogP contribution in [0.1, 0.15) is 74.1 Å². The van der Waals surface area contributed by atoms with Crippen LogP contribution in [0, 0.1) is 36.0 Å². The van der Waals surface area contributed by atoms with Gasteiger partial charge in [-0.3, -0.25) is 4.68 Å². The largest absolute Gasteiger partial charge is 0.476 e. The number of benzene rings is 1. The molecule has 5 N–H and O–H groups in total. The molecule has 1 aromatic carbocycles. The maximum atomic E-state index is 12.8. The topological polar surface area (TPSA) is 184 Å². The van der Waals surface area contributed by atoms with E-state index in [1.54, 1.807) is 29.5 Å². The molecule has 4 heterocycles. The number of ether oxygens (including phenoxy) is 1. The van der Waals surface area contributed by atoms with E-state index in [2.05, 4.69) is 49.3 Å². The van der Waals surface area contributed by atoms with Crippen LogP contribution in [0.15, 0.2) is 48.7 Å². The van der Waals surface area contributed by atoms with Gasteiger partial charge in [0.2, 0.25) is 0 Å². The molecule has 0 amide bonds. The molecular weight excluding hydrogens is 743 g/mol. The van der Waals surface area contributed by atoms with Crippen molar-refractivity contribution in [1.29, 1.82) is 0 Å². The highest BCUT2D eigenvalue weighted by Gasteiger charge is 2.66. The number of aromatic carboxylic acids is 1. The fourth-order valence-electron chi connectivity index (χ4n) is 11.1. The molecule has 2 unspecified atom stereocenters. The zero-order chi connectivity index (χ0) is 40.2. The number of carbonyl (C=O) groups is 1. The molecule has 4 bridgehead atoms. The number of thiazole rings is 1. The standard InChI is InChI=1S/C42H53N9O5S/c1-26-14-34(48-49-36(26)47-38-45-31-8-6-7-9-32(31)57-38)50(5)33-11-10-29(35(46-33)37(54)55)30-16-44-51(27(30)2)25-41-20-39(3)19-40(4,21-41)23-42(22-39,24-41)56-13-12-43-15-28(17-52)18-53/h6-11,14,16,28,43,52-53H,12-13,15,17-25H2,1-5H3,(H,54,55)(H,45,47,49). The monoisotopic (exact) mass is 795 g/mol. The van der Waals surface area contributed by atoms with E-state index in [0.717, 1.165) is 70.8 Å². The predicted octanol–water partition coefficient (Wildman–Crippen LogP) is 6.50. The molecule has 57 heavy (non-hydrogen) atoms. The normalized spacial score (nSPS) is 25.1. The number of para-hydroxylation sites is 1. The molecule has 5 aromatic rings. The molecule has 14 nitrogen and oxygen atoms in total. The molecule has 4 fully saturated rings. The first-order valence-corrected chi connectivity index (χ1v) is 20.6. The SMILES string of the molecule is Cc1cc(N(C)c2ccc(-c3cnn(CC45CC6(C)CC(C)(C4)CC(OCCNCC(CO)CO)(C6)C5)c3C)c(C(=O)O)n2)nnc1Nc1nc2ccccc2s1. The van der Waals surface area contributed by atoms with E-state index in [0.29, 0.717) is 42.7 Å². The van der Waals surface area contributed by atoms with Gasteiger partial charge in [-0.2, -0.15) is 5.10 Å². The first-order valence-electron chi connectivity index (χ1n) is 19.8. The van der Waals surface area contributed by atoms with Crippen LogP contribution in [0.4, 0.5) is 22.6 Å². The lowest BCUT2D eigenvalue weighted by Crippen LogP contribution is -2.64. The summed E-state index contributed by atoms with van der Waals surface area (Å²) in [7, 11) is 1.80. The Bertz CT molecular complexity index is 2240. The van der Waals surface area contributed by atoms with E-state index in [9.17, 15) is 20.1 Å². The number of hydrogen-bond acceptors (Lipinski definition) is 13. The maximum Gasteiger partial charge on any atom is 0.355 e. The molecule has 4 saturated carbocycles. The minimum Gasteiger partial charge on any atom is -0.476 e. The Morgan fingerprint density at radius 2 is 1.72 bits per heavy atom. The van der Waals surface area contributed by atoms with Crippen molar-refractivity contribution in [3.8, 4) is 11.1 Å². The number of aliphatic hydroxyl groups is 2. The molecule has 4 aliphatic rings. The van der Waals surface area contributed by atoms with Gasteiger partial charge in [0.25, 0.3) is 0 Å². The molecule has 0 saturated heterocycles. The molecule has 0 radical (unpaired) electrons. The van der Waals surface area contributed by atoms with Gasteiger partial charge in [-0.05, 0) is 105 Å². The fourth-order valence-corrected chi connectivity index (χ4v) is 12.0. The summed E-state index contributed by atoms with van der Waals surface area (Å²) in [5.41, 5.74) is 4.00. The van der Waals surface area contributed by atoms with Crippen LogP contribution >= 0.6 is 11.3 Å². The number of rotatable bonds is 16. The number of carboxylic acid groups (broad SMARTS) is 1. The Balaban J connectivity index is 0.990. The molecule has 4 aliphatic carbocycles. The highest BCUT2D eigenvalue weighted by molar-refractivity contribution is 7.22. The van der Waals surface area contributed by atoms with Gasteiger partial charge in [-0.1, -0.05) is 37.3 Å². The number of carboxylic acids is 1. The highest BCUT2D eigenvalue weighted by Crippen LogP contribution is 2.72. The molecule has 0 spiro atoms. The second-order valence-electron chi connectivity index (χ2n) is 17.7. The average molecular weight is 796 g/mol. The minimum atomic E-state index is -1.12. The number of nitrogens with zero attached hydrogens (tertiary/aromatic N) is 7. The minimum absolute atomic E-state index is 0.00231. The Morgan fingerprint density at radius 3 is 2.42 bits per heavy atom. The van der Waals surface area contributed by atoms with Gasteiger partial charge < -0.3 is 35.6 Å². The van der Waals surface area contributed by atoms with Crippen LogP contribution in [-0.4, -0.2) is 96.8 Å². The van der Waals surface area contributed by atoms with Gasteiger partial charge in [-0.15, -0.1) is 10.2 Å². The molecule has 4 aromatic heterocycles. The van der Waals surface area contributed by atoms with Crippen LogP contribution in [0.5, 0.6) is 0 Å². The number of anilines is 4. The number of fused-ring (bicyclic) bond motifs is 1. The smallest absolute Gasteiger partial charge is 0.355 e. The van der Waals surface area contributed by atoms with E-state index in [-0.39, 0.29) is 46.7 Å². The van der Waals surface area contributed by atoms with Gasteiger partial charge in [0.05, 0.1) is 28.6 Å². The van der Waals surface area contributed by atoms with Gasteiger partial charge in [0, 0.05) is 62.6 Å². The first kappa shape index (κ1) is 39.3. The highest BCUT2D eigenvalue weighted by atomic mass is 32.1. The van der Waals surface area contributed by atoms with Crippen LogP contribution in [0.3, 0.4) is 0 Å². The Kier molecular flexibility index (Phi) is 10.3. The summed E-state index contributed by atoms with van der Waals surface area (Å²) < 4.78 is 9.98. The number of nitrogens with one attached hydrogen (secondary N) is 2. The summed E-state index contributed by atoms with van der Waals surface area (Å²) in [5, 5.41) is 50.4. The van der Waals surface area contributed by atoms with Gasteiger partial charge in [0.1, 0.15) is 5.82 Å². The van der Waals surface area contributed by atoms with Crippen molar-refractivity contribution >= 4 is 50.1 Å². The summed E-state index contributed by atoms with van der Waals surface area (Å²) in [4.78, 5) is 23.8. The van der Waals surface area contributed by atoms with Crippen molar-refractivity contribution in [3.63, 3.8) is 0 Å². The number of aromatic nitrogens is 6. The third-order valence-electron chi connectivity index (χ3n) is 12.4. The van der Waals surface area contributed by atoms with E-state index in [1.165, 1.54) is 6.42 Å². The predicted molar refractivity (Wildman–Crippen MR) is 220 cm³/mol. The second-order valence-corrected chi connectivity index (χ2v) is 18.8. The molecule has 2 atom stereocenters. The Hall–Kier alpha value is -4.54. The quantitative estimate of drug-likeness (QED) is 0.0684. The van der Waals surface area contributed by atoms with Crippen molar-refractivity contribution in [2.45, 2.75) is 78.4 Å². The van der Waals surface area contributed by atoms with Crippen molar-refractivity contribution in [1.82, 2.24) is 35.3 Å². The Labute approximate surface area is 336 Å². The van der Waals surface area contributed by atoms with Crippen LogP contribution in [0.25, 0.3) is 21.3 Å². The van der Waals surface area contributed by atoms with Crippen LogP contribution in [-0.2, 0) is 11.3 Å². The zero-order valence-corrected chi connectivity index (χ0v) is 34.2. The Morgan fingerprint density at radius 1 is 0.965 bits per heavy atom. The number of aryl methyl sites for hydroxylation is 1. The van der Waals surface area contributed by atoms with E-state index in [1.807, 2.05) is 56.3 Å². The number of hydrogen-bond donors (Lipinski definition) is 5. The van der Waals surface area contributed by atoms with Crippen LogP contribution in [0.2, 0.25) is 0 Å². The summed E-state index contributed by atoms with van der Waals surface area (Å²) in [6, 6.07) is 13.5. The maximum absolute atomic E-state index is 12.8. The molecule has 15 heteroatoms. The van der Waals surface area contributed by atoms with Crippen molar-refractivity contribution in [3.05, 3.63) is 65.6 Å². The van der Waals surface area contributed by atoms with Gasteiger partial charge in [-0.25, -0.2) is 14.8 Å². The van der Waals surface area contributed by atoms with Gasteiger partial charge in [0.15, 0.2) is 22.5 Å². The van der Waals surface area contributed by atoms with Crippen molar-refractivity contribution in [2.75, 3.05) is 50.2 Å².